The van der Waals surface area contributed by atoms with Crippen molar-refractivity contribution in [3.05, 3.63) is 74.7 Å². The number of thioether (sulfide) groups is 1. The fourth-order valence-corrected chi connectivity index (χ4v) is 5.07. The van der Waals surface area contributed by atoms with Crippen molar-refractivity contribution in [3.63, 3.8) is 0 Å². The Morgan fingerprint density at radius 2 is 1.97 bits per heavy atom. The maximum absolute atomic E-state index is 13.2. The van der Waals surface area contributed by atoms with E-state index in [1.54, 1.807) is 17.2 Å². The monoisotopic (exact) mass is 509 g/mol. The lowest BCUT2D eigenvalue weighted by molar-refractivity contribution is -0.124. The molecule has 2 aromatic heterocycles. The summed E-state index contributed by atoms with van der Waals surface area (Å²) in [5.74, 6) is 1.37. The molecule has 32 heavy (non-hydrogen) atoms. The second-order valence-corrected chi connectivity index (χ2v) is 9.99. The van der Waals surface area contributed by atoms with E-state index in [1.807, 2.05) is 30.3 Å². The molecular formula is C23H20BrN5O2S. The Balaban J connectivity index is 1.47. The normalized spacial score (nSPS) is 17.4. The van der Waals surface area contributed by atoms with Gasteiger partial charge in [0.15, 0.2) is 5.17 Å². The van der Waals surface area contributed by atoms with Crippen molar-refractivity contribution in [3.8, 4) is 0 Å². The molecule has 1 atom stereocenters. The quantitative estimate of drug-likeness (QED) is 0.522. The lowest BCUT2D eigenvalue weighted by atomic mass is 10.0. The van der Waals surface area contributed by atoms with Crippen molar-refractivity contribution in [2.45, 2.75) is 32.1 Å². The number of rotatable bonds is 4. The Kier molecular flexibility index (Phi) is 5.46. The molecule has 3 aromatic rings. The van der Waals surface area contributed by atoms with Gasteiger partial charge >= 0.3 is 0 Å². The topological polar surface area (TPSA) is 79.4 Å². The van der Waals surface area contributed by atoms with Gasteiger partial charge in [-0.3, -0.25) is 19.0 Å². The third kappa shape index (κ3) is 3.80. The van der Waals surface area contributed by atoms with Gasteiger partial charge in [0.2, 0.25) is 0 Å². The Morgan fingerprint density at radius 1 is 1.16 bits per heavy atom. The number of aromatic nitrogens is 2. The highest BCUT2D eigenvalue weighted by molar-refractivity contribution is 9.10. The van der Waals surface area contributed by atoms with Crippen LogP contribution in [0, 0.1) is 5.92 Å². The fourth-order valence-electron chi connectivity index (χ4n) is 3.84. The minimum absolute atomic E-state index is 0.0501. The van der Waals surface area contributed by atoms with E-state index >= 15 is 0 Å². The first-order valence-electron chi connectivity index (χ1n) is 10.3. The SMILES string of the molecule is CC(C)CC1N=C2c3ccccc3N=C(SCc3cc(=O)n4cc(Br)ccc4n3)N2C1=O. The molecule has 1 amide bonds. The van der Waals surface area contributed by atoms with E-state index < -0.39 is 6.04 Å². The van der Waals surface area contributed by atoms with Crippen LogP contribution in [0.1, 0.15) is 31.5 Å². The predicted octanol–water partition coefficient (Wildman–Crippen LogP) is 4.40. The highest BCUT2D eigenvalue weighted by Crippen LogP contribution is 2.35. The number of nitrogens with zero attached hydrogens (tertiary/aromatic N) is 5. The highest BCUT2D eigenvalue weighted by atomic mass is 79.9. The lowest BCUT2D eigenvalue weighted by Crippen LogP contribution is -2.41. The minimum atomic E-state index is -0.399. The molecule has 2 aliphatic rings. The number of carbonyl (C=O) groups is 1. The van der Waals surface area contributed by atoms with Gasteiger partial charge in [0.25, 0.3) is 11.5 Å². The van der Waals surface area contributed by atoms with Crippen molar-refractivity contribution in [1.82, 2.24) is 14.3 Å². The maximum Gasteiger partial charge on any atom is 0.259 e. The first-order chi connectivity index (χ1) is 15.4. The van der Waals surface area contributed by atoms with E-state index in [0.29, 0.717) is 40.4 Å². The van der Waals surface area contributed by atoms with Gasteiger partial charge in [0.05, 0.1) is 11.4 Å². The summed E-state index contributed by atoms with van der Waals surface area (Å²) >= 11 is 4.77. The Hall–Kier alpha value is -2.78. The van der Waals surface area contributed by atoms with Crippen LogP contribution in [0.15, 0.2) is 67.9 Å². The number of hydrogen-bond acceptors (Lipinski definition) is 6. The van der Waals surface area contributed by atoms with Crippen LogP contribution >= 0.6 is 27.7 Å². The van der Waals surface area contributed by atoms with Crippen molar-refractivity contribution in [2.75, 3.05) is 0 Å². The molecule has 162 valence electrons. The van der Waals surface area contributed by atoms with Crippen molar-refractivity contribution < 1.29 is 4.79 Å². The molecule has 0 radical (unpaired) electrons. The molecular weight excluding hydrogens is 490 g/mol. The number of carbonyl (C=O) groups excluding carboxylic acids is 1. The highest BCUT2D eigenvalue weighted by Gasteiger charge is 2.41. The van der Waals surface area contributed by atoms with Gasteiger partial charge in [0.1, 0.15) is 17.5 Å². The molecule has 0 aliphatic carbocycles. The van der Waals surface area contributed by atoms with Crippen LogP contribution in [0.25, 0.3) is 5.65 Å². The number of aliphatic imine (C=N–C) groups is 2. The van der Waals surface area contributed by atoms with Gasteiger partial charge in [-0.05, 0) is 52.5 Å². The van der Waals surface area contributed by atoms with E-state index in [2.05, 4.69) is 34.8 Å². The Bertz CT molecular complexity index is 1360. The van der Waals surface area contributed by atoms with Gasteiger partial charge < -0.3 is 0 Å². The Labute approximate surface area is 197 Å². The summed E-state index contributed by atoms with van der Waals surface area (Å²) in [4.78, 5) is 41.5. The average molecular weight is 510 g/mol. The van der Waals surface area contributed by atoms with Crippen LogP contribution in [0.2, 0.25) is 0 Å². The zero-order valence-corrected chi connectivity index (χ0v) is 19.9. The summed E-state index contributed by atoms with van der Waals surface area (Å²) in [5, 5.41) is 0.566. The van der Waals surface area contributed by atoms with Crippen LogP contribution in [0.5, 0.6) is 0 Å². The van der Waals surface area contributed by atoms with Crippen LogP contribution in [0.4, 0.5) is 5.69 Å². The molecule has 7 nitrogen and oxygen atoms in total. The third-order valence-electron chi connectivity index (χ3n) is 5.27. The summed E-state index contributed by atoms with van der Waals surface area (Å²) in [7, 11) is 0. The first-order valence-corrected chi connectivity index (χ1v) is 12.1. The standard InChI is InChI=1S/C23H20BrN5O2S/c1-13(2)9-18-22(31)29-21(26-18)16-5-3-4-6-17(16)27-23(29)32-12-15-10-20(30)28-11-14(24)7-8-19(28)25-15/h3-8,10-11,13,18H,9,12H2,1-2H3. The van der Waals surface area contributed by atoms with E-state index in [9.17, 15) is 9.59 Å². The first kappa shape index (κ1) is 21.1. The van der Waals surface area contributed by atoms with E-state index in [1.165, 1.54) is 22.2 Å². The number of fused-ring (bicyclic) bond motifs is 4. The van der Waals surface area contributed by atoms with Gasteiger partial charge in [-0.2, -0.15) is 0 Å². The third-order valence-corrected chi connectivity index (χ3v) is 6.71. The van der Waals surface area contributed by atoms with E-state index in [-0.39, 0.29) is 11.5 Å². The van der Waals surface area contributed by atoms with Crippen LogP contribution in [0.3, 0.4) is 0 Å². The predicted molar refractivity (Wildman–Crippen MR) is 131 cm³/mol. The van der Waals surface area contributed by atoms with Gasteiger partial charge in [-0.15, -0.1) is 0 Å². The molecule has 0 fully saturated rings. The minimum Gasteiger partial charge on any atom is -0.271 e. The molecule has 1 unspecified atom stereocenters. The summed E-state index contributed by atoms with van der Waals surface area (Å²) in [6, 6.07) is 12.5. The second-order valence-electron chi connectivity index (χ2n) is 8.13. The summed E-state index contributed by atoms with van der Waals surface area (Å²) in [6.45, 7) is 4.18. The fraction of sp³-hybridized carbons (Fsp3) is 0.261. The molecule has 2 aliphatic heterocycles. The van der Waals surface area contributed by atoms with Crippen molar-refractivity contribution >= 4 is 55.9 Å². The van der Waals surface area contributed by atoms with E-state index in [4.69, 9.17) is 9.98 Å². The molecule has 0 bridgehead atoms. The summed E-state index contributed by atoms with van der Waals surface area (Å²) in [6.07, 6.45) is 2.39. The molecule has 9 heteroatoms. The smallest absolute Gasteiger partial charge is 0.259 e. The van der Waals surface area contributed by atoms with Gasteiger partial charge in [-0.25, -0.2) is 14.9 Å². The number of amidine groups is 2. The number of benzene rings is 1. The molecule has 5 rings (SSSR count). The van der Waals surface area contributed by atoms with Crippen LogP contribution in [-0.4, -0.2) is 37.2 Å². The van der Waals surface area contributed by atoms with Crippen molar-refractivity contribution in [1.29, 1.82) is 0 Å². The number of halogens is 1. The van der Waals surface area contributed by atoms with Crippen molar-refractivity contribution in [2.24, 2.45) is 15.9 Å². The summed E-state index contributed by atoms with van der Waals surface area (Å²) in [5.41, 5.74) is 2.71. The van der Waals surface area contributed by atoms with Gasteiger partial charge in [-0.1, -0.05) is 37.7 Å². The largest absolute Gasteiger partial charge is 0.271 e. The number of pyridine rings is 1. The maximum atomic E-state index is 13.2. The molecule has 1 aromatic carbocycles. The van der Waals surface area contributed by atoms with Crippen LogP contribution in [-0.2, 0) is 10.5 Å². The number of hydrogen-bond donors (Lipinski definition) is 0. The molecule has 0 N–H and O–H groups in total. The average Bonchev–Trinajstić information content (AvgIpc) is 3.08. The zero-order chi connectivity index (χ0) is 22.4. The molecule has 0 saturated carbocycles. The molecule has 4 heterocycles. The second kappa shape index (κ2) is 8.29. The number of amides is 1. The van der Waals surface area contributed by atoms with Crippen LogP contribution < -0.4 is 5.56 Å². The zero-order valence-electron chi connectivity index (χ0n) is 17.5. The molecule has 0 saturated heterocycles. The summed E-state index contributed by atoms with van der Waals surface area (Å²) < 4.78 is 2.30. The van der Waals surface area contributed by atoms with Gasteiger partial charge in [0, 0.05) is 28.1 Å². The molecule has 0 spiro atoms. The lowest BCUT2D eigenvalue weighted by Gasteiger charge is -2.25. The number of para-hydroxylation sites is 1. The van der Waals surface area contributed by atoms with E-state index in [0.717, 1.165) is 15.7 Å². The Morgan fingerprint density at radius 3 is 2.78 bits per heavy atom.